The molecule has 76 valence electrons. The molecule has 5 nitrogen and oxygen atoms in total. The van der Waals surface area contributed by atoms with E-state index in [1.165, 1.54) is 13.8 Å². The number of carbonyl (C=O) groups is 2. The molecule has 0 spiro atoms. The van der Waals surface area contributed by atoms with E-state index in [0.717, 1.165) is 0 Å². The summed E-state index contributed by atoms with van der Waals surface area (Å²) in [4.78, 5) is 19.0. The van der Waals surface area contributed by atoms with Gasteiger partial charge in [-0.25, -0.2) is 0 Å². The first-order chi connectivity index (χ1) is 5.29. The van der Waals surface area contributed by atoms with Crippen molar-refractivity contribution in [1.29, 1.82) is 0 Å². The topological polar surface area (TPSA) is 112 Å². The third-order valence-electron chi connectivity index (χ3n) is 0.697. The SMILES string of the molecule is C=C(C)C(=O)[O-].C=C(C)C(=O)[O-].O.[Ca+2]. The van der Waals surface area contributed by atoms with E-state index in [-0.39, 0.29) is 54.4 Å². The Morgan fingerprint density at radius 3 is 1.00 bits per heavy atom. The number of hydrogen-bond donors (Lipinski definition) is 0. The van der Waals surface area contributed by atoms with Gasteiger partial charge in [-0.05, 0) is 25.0 Å². The summed E-state index contributed by atoms with van der Waals surface area (Å²) in [6.45, 7) is 8.95. The molecule has 0 aromatic heterocycles. The van der Waals surface area contributed by atoms with Crippen molar-refractivity contribution in [2.24, 2.45) is 0 Å². The Bertz CT molecular complexity index is 174. The van der Waals surface area contributed by atoms with E-state index in [4.69, 9.17) is 0 Å². The van der Waals surface area contributed by atoms with Crippen LogP contribution in [0.1, 0.15) is 13.8 Å². The Hall–Kier alpha value is -0.360. The first-order valence-corrected chi connectivity index (χ1v) is 3.02. The Morgan fingerprint density at radius 1 is 0.929 bits per heavy atom. The fraction of sp³-hybridized carbons (Fsp3) is 0.250. The fourth-order valence-electron chi connectivity index (χ4n) is 0. The van der Waals surface area contributed by atoms with Crippen molar-refractivity contribution in [1.82, 2.24) is 0 Å². The van der Waals surface area contributed by atoms with Crippen LogP contribution in [0.3, 0.4) is 0 Å². The van der Waals surface area contributed by atoms with Crippen LogP contribution in [-0.4, -0.2) is 55.2 Å². The quantitative estimate of drug-likeness (QED) is 0.381. The molecular weight excluding hydrogens is 216 g/mol. The number of aliphatic carboxylic acids is 2. The van der Waals surface area contributed by atoms with Gasteiger partial charge in [0.1, 0.15) is 0 Å². The molecule has 0 radical (unpaired) electrons. The number of hydrogen-bond acceptors (Lipinski definition) is 4. The first kappa shape index (κ1) is 23.5. The molecule has 0 heterocycles. The minimum atomic E-state index is -1.19. The van der Waals surface area contributed by atoms with Crippen LogP contribution in [0.4, 0.5) is 0 Å². The van der Waals surface area contributed by atoms with E-state index in [2.05, 4.69) is 13.2 Å². The van der Waals surface area contributed by atoms with Gasteiger partial charge in [0.25, 0.3) is 0 Å². The summed E-state index contributed by atoms with van der Waals surface area (Å²) in [7, 11) is 0. The molecule has 6 heteroatoms. The van der Waals surface area contributed by atoms with Crippen LogP contribution < -0.4 is 10.2 Å². The molecule has 0 aliphatic rings. The smallest absolute Gasteiger partial charge is 0.545 e. The van der Waals surface area contributed by atoms with Crippen molar-refractivity contribution < 1.29 is 25.3 Å². The van der Waals surface area contributed by atoms with Crippen molar-refractivity contribution >= 4 is 49.7 Å². The average Bonchev–Trinajstić information content (AvgIpc) is 1.88. The van der Waals surface area contributed by atoms with Crippen LogP contribution in [-0.2, 0) is 9.59 Å². The maximum Gasteiger partial charge on any atom is 2.00 e. The fourth-order valence-corrected chi connectivity index (χ4v) is 0. The minimum absolute atomic E-state index is 0. The van der Waals surface area contributed by atoms with Crippen LogP contribution in [0, 0.1) is 0 Å². The maximum absolute atomic E-state index is 9.49. The van der Waals surface area contributed by atoms with Crippen molar-refractivity contribution in [2.75, 3.05) is 0 Å². The van der Waals surface area contributed by atoms with Gasteiger partial charge in [0.2, 0.25) is 0 Å². The molecule has 0 atom stereocenters. The van der Waals surface area contributed by atoms with Crippen LogP contribution in [0.2, 0.25) is 0 Å². The molecule has 0 bridgehead atoms. The van der Waals surface area contributed by atoms with Gasteiger partial charge < -0.3 is 25.3 Å². The molecule has 0 saturated heterocycles. The number of rotatable bonds is 2. The molecule has 0 aromatic carbocycles. The summed E-state index contributed by atoms with van der Waals surface area (Å²) in [5.74, 6) is -2.37. The first-order valence-electron chi connectivity index (χ1n) is 3.02. The Morgan fingerprint density at radius 2 is 1.00 bits per heavy atom. The second kappa shape index (κ2) is 12.6. The summed E-state index contributed by atoms with van der Waals surface area (Å²) < 4.78 is 0. The van der Waals surface area contributed by atoms with Gasteiger partial charge in [0.15, 0.2) is 0 Å². The predicted octanol–water partition coefficient (Wildman–Crippen LogP) is -2.58. The Balaban J connectivity index is -0.0000000625. The van der Waals surface area contributed by atoms with Crippen molar-refractivity contribution in [3.05, 3.63) is 24.3 Å². The molecule has 0 unspecified atom stereocenters. The summed E-state index contributed by atoms with van der Waals surface area (Å²) in [6, 6.07) is 0. The van der Waals surface area contributed by atoms with Crippen molar-refractivity contribution in [3.8, 4) is 0 Å². The molecule has 2 N–H and O–H groups in total. The molecule has 0 aromatic rings. The van der Waals surface area contributed by atoms with E-state index >= 15 is 0 Å². The zero-order chi connectivity index (χ0) is 10.3. The van der Waals surface area contributed by atoms with Gasteiger partial charge in [0.05, 0.1) is 11.9 Å². The Labute approximate surface area is 112 Å². The van der Waals surface area contributed by atoms with E-state index in [0.29, 0.717) is 0 Å². The minimum Gasteiger partial charge on any atom is -0.545 e. The zero-order valence-corrected chi connectivity index (χ0v) is 10.5. The van der Waals surface area contributed by atoms with Gasteiger partial charge in [-0.2, -0.15) is 0 Å². The summed E-state index contributed by atoms with van der Waals surface area (Å²) in [5.41, 5.74) is 0.130. The maximum atomic E-state index is 9.49. The summed E-state index contributed by atoms with van der Waals surface area (Å²) in [5, 5.41) is 19.0. The average molecular weight is 228 g/mol. The predicted molar refractivity (Wildman–Crippen MR) is 49.0 cm³/mol. The third kappa shape index (κ3) is 22.6. The number of carboxylic acids is 2. The molecular formula is C8H12CaO5. The van der Waals surface area contributed by atoms with Crippen LogP contribution in [0.25, 0.3) is 0 Å². The number of carbonyl (C=O) groups excluding carboxylic acids is 2. The molecule has 0 saturated carbocycles. The number of carboxylic acid groups (broad SMARTS) is 2. The van der Waals surface area contributed by atoms with Gasteiger partial charge >= 0.3 is 37.7 Å². The van der Waals surface area contributed by atoms with Gasteiger partial charge in [0, 0.05) is 0 Å². The second-order valence-electron chi connectivity index (χ2n) is 2.14. The molecule has 0 fully saturated rings. The van der Waals surface area contributed by atoms with Gasteiger partial charge in [-0.3, -0.25) is 0 Å². The monoisotopic (exact) mass is 228 g/mol. The molecule has 0 rings (SSSR count). The van der Waals surface area contributed by atoms with Gasteiger partial charge in [-0.15, -0.1) is 0 Å². The van der Waals surface area contributed by atoms with E-state index in [1.807, 2.05) is 0 Å². The van der Waals surface area contributed by atoms with Crippen LogP contribution in [0.15, 0.2) is 24.3 Å². The molecule has 0 aliphatic heterocycles. The van der Waals surface area contributed by atoms with Crippen LogP contribution in [0.5, 0.6) is 0 Å². The molecule has 0 aliphatic carbocycles. The molecule has 14 heavy (non-hydrogen) atoms. The second-order valence-corrected chi connectivity index (χ2v) is 2.14. The van der Waals surface area contributed by atoms with Crippen molar-refractivity contribution in [3.63, 3.8) is 0 Å². The van der Waals surface area contributed by atoms with Crippen molar-refractivity contribution in [2.45, 2.75) is 13.8 Å². The van der Waals surface area contributed by atoms with Crippen LogP contribution >= 0.6 is 0 Å². The zero-order valence-electron chi connectivity index (χ0n) is 8.25. The summed E-state index contributed by atoms with van der Waals surface area (Å²) >= 11 is 0. The third-order valence-corrected chi connectivity index (χ3v) is 0.697. The normalized spacial score (nSPS) is 6.43. The van der Waals surface area contributed by atoms with E-state index in [1.54, 1.807) is 0 Å². The Kier molecular flexibility index (Phi) is 21.2. The standard InChI is InChI=1S/2C4H6O2.Ca.H2O/c2*1-3(2)4(5)6;;/h2*1H2,2H3,(H,5,6);;1H2/q;;+2;/p-2. The van der Waals surface area contributed by atoms with Gasteiger partial charge in [-0.1, -0.05) is 13.2 Å². The molecule has 0 amide bonds. The summed E-state index contributed by atoms with van der Waals surface area (Å²) in [6.07, 6.45) is 0. The van der Waals surface area contributed by atoms with E-state index in [9.17, 15) is 19.8 Å². The van der Waals surface area contributed by atoms with E-state index < -0.39 is 11.9 Å². The largest absolute Gasteiger partial charge is 2.00 e.